The summed E-state index contributed by atoms with van der Waals surface area (Å²) in [5.74, 6) is -0.233. The van der Waals surface area contributed by atoms with Crippen molar-refractivity contribution >= 4 is 0 Å². The zero-order chi connectivity index (χ0) is 29.6. The first-order valence-electron chi connectivity index (χ1n) is 13.0. The number of alkyl halides is 5. The molecule has 0 aliphatic heterocycles. The van der Waals surface area contributed by atoms with Crippen molar-refractivity contribution in [3.63, 3.8) is 0 Å². The first-order valence-corrected chi connectivity index (χ1v) is 13.0. The fourth-order valence-electron chi connectivity index (χ4n) is 4.65. The fourth-order valence-corrected chi connectivity index (χ4v) is 4.65. The molecule has 41 heavy (non-hydrogen) atoms. The van der Waals surface area contributed by atoms with Crippen LogP contribution in [0.4, 0.5) is 26.3 Å². The second-order valence-electron chi connectivity index (χ2n) is 9.70. The van der Waals surface area contributed by atoms with Crippen molar-refractivity contribution in [1.29, 1.82) is 0 Å². The standard InChI is InChI=1S/C22H20F5N5O.C7H7F/c23-20(24)18-11-29-17(10-30-18)16-9-14(13-5-2-1-3-6-13)21(33)32(31-16)12-19-15(22(25,26)27)7-4-8-28-19;1-6-3-2-4-7(8)5-6/h4,7-11,13,20H,1-3,5-6,12H2;2-5H,1H3. The van der Waals surface area contributed by atoms with E-state index < -0.39 is 36.0 Å². The van der Waals surface area contributed by atoms with Gasteiger partial charge in [0.1, 0.15) is 22.9 Å². The van der Waals surface area contributed by atoms with Gasteiger partial charge in [-0.2, -0.15) is 18.3 Å². The lowest BCUT2D eigenvalue weighted by molar-refractivity contribution is -0.138. The molecule has 0 spiro atoms. The number of halogens is 6. The molecule has 1 aliphatic rings. The Hall–Kier alpha value is -4.09. The number of benzene rings is 1. The molecule has 0 atom stereocenters. The highest BCUT2D eigenvalue weighted by Gasteiger charge is 2.34. The Morgan fingerprint density at radius 1 is 0.951 bits per heavy atom. The van der Waals surface area contributed by atoms with Crippen LogP contribution in [-0.2, 0) is 12.7 Å². The first-order chi connectivity index (χ1) is 19.5. The van der Waals surface area contributed by atoms with E-state index in [2.05, 4.69) is 20.1 Å². The van der Waals surface area contributed by atoms with E-state index in [0.29, 0.717) is 5.56 Å². The lowest BCUT2D eigenvalue weighted by atomic mass is 9.84. The number of hydrogen-bond acceptors (Lipinski definition) is 5. The second-order valence-corrected chi connectivity index (χ2v) is 9.70. The molecule has 12 heteroatoms. The summed E-state index contributed by atoms with van der Waals surface area (Å²) in [6, 6.07) is 10.1. The average molecular weight is 576 g/mol. The van der Waals surface area contributed by atoms with Crippen molar-refractivity contribution in [1.82, 2.24) is 24.7 Å². The van der Waals surface area contributed by atoms with Gasteiger partial charge in [-0.25, -0.2) is 17.9 Å². The molecule has 1 aromatic carbocycles. The van der Waals surface area contributed by atoms with E-state index >= 15 is 0 Å². The van der Waals surface area contributed by atoms with Crippen molar-refractivity contribution in [2.45, 2.75) is 64.1 Å². The minimum absolute atomic E-state index is 0.0710. The van der Waals surface area contributed by atoms with Crippen molar-refractivity contribution in [2.24, 2.45) is 0 Å². The highest BCUT2D eigenvalue weighted by molar-refractivity contribution is 5.53. The summed E-state index contributed by atoms with van der Waals surface area (Å²) < 4.78 is 79.1. The number of nitrogens with zero attached hydrogens (tertiary/aromatic N) is 5. The minimum atomic E-state index is -4.65. The maximum Gasteiger partial charge on any atom is 0.418 e. The molecule has 3 heterocycles. The Balaban J connectivity index is 0.000000417. The Morgan fingerprint density at radius 2 is 1.71 bits per heavy atom. The van der Waals surface area contributed by atoms with Crippen LogP contribution in [-0.4, -0.2) is 24.7 Å². The Morgan fingerprint density at radius 3 is 2.29 bits per heavy atom. The van der Waals surface area contributed by atoms with Crippen LogP contribution in [0.3, 0.4) is 0 Å². The van der Waals surface area contributed by atoms with Crippen LogP contribution in [0.25, 0.3) is 11.4 Å². The first kappa shape index (κ1) is 29.9. The molecule has 1 fully saturated rings. The molecule has 6 nitrogen and oxygen atoms in total. The van der Waals surface area contributed by atoms with Crippen molar-refractivity contribution in [3.8, 4) is 11.4 Å². The monoisotopic (exact) mass is 575 g/mol. The van der Waals surface area contributed by atoms with Crippen LogP contribution >= 0.6 is 0 Å². The molecule has 0 radical (unpaired) electrons. The van der Waals surface area contributed by atoms with Gasteiger partial charge in [0.15, 0.2) is 0 Å². The normalized spacial score (nSPS) is 14.0. The van der Waals surface area contributed by atoms with Crippen LogP contribution in [0.15, 0.2) is 65.8 Å². The molecular weight excluding hydrogens is 548 g/mol. The number of aryl methyl sites for hydroxylation is 1. The van der Waals surface area contributed by atoms with E-state index in [0.717, 1.165) is 60.8 Å². The molecule has 1 aliphatic carbocycles. The number of pyridine rings is 1. The number of rotatable bonds is 5. The minimum Gasteiger partial charge on any atom is -0.267 e. The molecule has 4 aromatic rings. The van der Waals surface area contributed by atoms with Gasteiger partial charge < -0.3 is 0 Å². The zero-order valence-electron chi connectivity index (χ0n) is 22.1. The summed E-state index contributed by atoms with van der Waals surface area (Å²) in [7, 11) is 0. The van der Waals surface area contributed by atoms with Crippen LogP contribution in [0.5, 0.6) is 0 Å². The predicted octanol–water partition coefficient (Wildman–Crippen LogP) is 7.28. The Labute approximate surface area is 232 Å². The fraction of sp³-hybridized carbons (Fsp3) is 0.345. The van der Waals surface area contributed by atoms with Gasteiger partial charge in [0.05, 0.1) is 30.2 Å². The van der Waals surface area contributed by atoms with Gasteiger partial charge in [-0.3, -0.25) is 19.7 Å². The van der Waals surface area contributed by atoms with Crippen LogP contribution in [0.1, 0.15) is 72.5 Å². The molecule has 5 rings (SSSR count). The molecule has 0 saturated heterocycles. The van der Waals surface area contributed by atoms with E-state index in [1.165, 1.54) is 24.4 Å². The highest BCUT2D eigenvalue weighted by Crippen LogP contribution is 2.33. The molecule has 0 bridgehead atoms. The third-order valence-corrected chi connectivity index (χ3v) is 6.68. The average Bonchev–Trinajstić information content (AvgIpc) is 2.94. The zero-order valence-corrected chi connectivity index (χ0v) is 22.1. The van der Waals surface area contributed by atoms with Crippen LogP contribution in [0.2, 0.25) is 0 Å². The SMILES string of the molecule is Cc1cccc(F)c1.O=c1c(C2CCCCC2)cc(-c2cnc(C(F)F)cn2)nn1Cc1ncccc1C(F)(F)F. The second kappa shape index (κ2) is 13.0. The van der Waals surface area contributed by atoms with Crippen LogP contribution < -0.4 is 5.56 Å². The molecule has 0 unspecified atom stereocenters. The summed E-state index contributed by atoms with van der Waals surface area (Å²) in [6.07, 6.45) is 0.264. The van der Waals surface area contributed by atoms with E-state index in [9.17, 15) is 31.1 Å². The van der Waals surface area contributed by atoms with Crippen molar-refractivity contribution < 1.29 is 26.3 Å². The quantitative estimate of drug-likeness (QED) is 0.234. The third-order valence-electron chi connectivity index (χ3n) is 6.68. The molecule has 0 N–H and O–H groups in total. The van der Waals surface area contributed by atoms with Gasteiger partial charge in [0.2, 0.25) is 0 Å². The molecule has 1 saturated carbocycles. The van der Waals surface area contributed by atoms with Gasteiger partial charge in [0, 0.05) is 11.8 Å². The molecular formula is C29H27F6N5O. The topological polar surface area (TPSA) is 73.6 Å². The van der Waals surface area contributed by atoms with E-state index in [-0.39, 0.29) is 28.8 Å². The molecule has 216 valence electrons. The van der Waals surface area contributed by atoms with E-state index in [4.69, 9.17) is 0 Å². The largest absolute Gasteiger partial charge is 0.418 e. The summed E-state index contributed by atoms with van der Waals surface area (Å²) >= 11 is 0. The van der Waals surface area contributed by atoms with Gasteiger partial charge in [-0.05, 0) is 61.6 Å². The smallest absolute Gasteiger partial charge is 0.267 e. The van der Waals surface area contributed by atoms with Gasteiger partial charge in [-0.1, -0.05) is 31.4 Å². The summed E-state index contributed by atoms with van der Waals surface area (Å²) in [5, 5.41) is 4.20. The Bertz CT molecular complexity index is 1500. The van der Waals surface area contributed by atoms with Gasteiger partial charge in [-0.15, -0.1) is 0 Å². The summed E-state index contributed by atoms with van der Waals surface area (Å²) in [5.41, 5.74) is -0.608. The lowest BCUT2D eigenvalue weighted by Crippen LogP contribution is -2.30. The number of hydrogen-bond donors (Lipinski definition) is 0. The number of aromatic nitrogens is 5. The lowest BCUT2D eigenvalue weighted by Gasteiger charge is -2.22. The molecule has 0 amide bonds. The summed E-state index contributed by atoms with van der Waals surface area (Å²) in [4.78, 5) is 24.7. The molecule has 3 aromatic heterocycles. The Kier molecular flexibility index (Phi) is 9.51. The van der Waals surface area contributed by atoms with E-state index in [1.54, 1.807) is 12.1 Å². The maximum atomic E-state index is 13.4. The van der Waals surface area contributed by atoms with Crippen molar-refractivity contribution in [2.75, 3.05) is 0 Å². The predicted molar refractivity (Wildman–Crippen MR) is 140 cm³/mol. The maximum absolute atomic E-state index is 13.4. The third kappa shape index (κ3) is 7.77. The van der Waals surface area contributed by atoms with Gasteiger partial charge >= 0.3 is 6.18 Å². The van der Waals surface area contributed by atoms with Crippen LogP contribution in [0, 0.1) is 12.7 Å². The van der Waals surface area contributed by atoms with Gasteiger partial charge in [0.25, 0.3) is 12.0 Å². The summed E-state index contributed by atoms with van der Waals surface area (Å²) in [6.45, 7) is 1.37. The van der Waals surface area contributed by atoms with Crippen molar-refractivity contribution in [3.05, 3.63) is 105 Å². The van der Waals surface area contributed by atoms with E-state index in [1.807, 2.05) is 13.0 Å². The highest BCUT2D eigenvalue weighted by atomic mass is 19.4.